The smallest absolute Gasteiger partial charge is 0.264 e. The van der Waals surface area contributed by atoms with Crippen molar-refractivity contribution in [1.29, 1.82) is 0 Å². The van der Waals surface area contributed by atoms with E-state index in [9.17, 15) is 13.2 Å². The van der Waals surface area contributed by atoms with Crippen molar-refractivity contribution >= 4 is 50.5 Å². The average Bonchev–Trinajstić information content (AvgIpc) is 2.78. The Balaban J connectivity index is 1.97. The fraction of sp³-hybridized carbons (Fsp3) is 0.136. The number of halogens is 2. The zero-order valence-corrected chi connectivity index (χ0v) is 19.5. The average molecular weight is 495 g/mol. The Morgan fingerprint density at radius 3 is 2.31 bits per heavy atom. The molecular formula is C22H20Cl2N2O5S. The van der Waals surface area contributed by atoms with Gasteiger partial charge in [-0.15, -0.1) is 0 Å². The maximum absolute atomic E-state index is 13.4. The van der Waals surface area contributed by atoms with E-state index in [1.54, 1.807) is 36.4 Å². The molecule has 0 aromatic heterocycles. The summed E-state index contributed by atoms with van der Waals surface area (Å²) >= 11 is 12.3. The number of anilines is 2. The van der Waals surface area contributed by atoms with E-state index in [1.165, 1.54) is 44.6 Å². The third-order valence-corrected chi connectivity index (χ3v) is 6.79. The Hall–Kier alpha value is -2.94. The van der Waals surface area contributed by atoms with Gasteiger partial charge in [0, 0.05) is 11.1 Å². The van der Waals surface area contributed by atoms with Gasteiger partial charge in [0.1, 0.15) is 18.0 Å². The van der Waals surface area contributed by atoms with E-state index in [1.807, 2.05) is 0 Å². The van der Waals surface area contributed by atoms with E-state index in [-0.39, 0.29) is 15.6 Å². The normalized spacial score (nSPS) is 11.0. The van der Waals surface area contributed by atoms with Crippen LogP contribution in [0.3, 0.4) is 0 Å². The quantitative estimate of drug-likeness (QED) is 0.483. The minimum Gasteiger partial charge on any atom is -0.497 e. The third-order valence-electron chi connectivity index (χ3n) is 4.48. The lowest BCUT2D eigenvalue weighted by atomic mass is 10.2. The molecule has 10 heteroatoms. The molecule has 0 aliphatic rings. The summed E-state index contributed by atoms with van der Waals surface area (Å²) < 4.78 is 38.1. The van der Waals surface area contributed by atoms with Crippen molar-refractivity contribution in [2.45, 2.75) is 4.90 Å². The van der Waals surface area contributed by atoms with Crippen molar-refractivity contribution < 1.29 is 22.7 Å². The van der Waals surface area contributed by atoms with Crippen molar-refractivity contribution in [2.24, 2.45) is 0 Å². The zero-order valence-electron chi connectivity index (χ0n) is 17.2. The molecule has 7 nitrogen and oxygen atoms in total. The molecule has 0 aliphatic carbocycles. The Bertz CT molecular complexity index is 1220. The highest BCUT2D eigenvalue weighted by atomic mass is 35.5. The van der Waals surface area contributed by atoms with Gasteiger partial charge in [-0.1, -0.05) is 41.4 Å². The number of rotatable bonds is 8. The third kappa shape index (κ3) is 5.27. The van der Waals surface area contributed by atoms with Crippen molar-refractivity contribution in [3.05, 3.63) is 76.8 Å². The van der Waals surface area contributed by atoms with Gasteiger partial charge < -0.3 is 14.8 Å². The molecule has 0 unspecified atom stereocenters. The molecule has 0 bridgehead atoms. The van der Waals surface area contributed by atoms with Gasteiger partial charge in [0.05, 0.1) is 35.5 Å². The number of benzene rings is 3. The molecule has 1 amide bonds. The summed E-state index contributed by atoms with van der Waals surface area (Å²) in [6, 6.07) is 17.0. The highest BCUT2D eigenvalue weighted by molar-refractivity contribution is 7.92. The minimum absolute atomic E-state index is 0.0147. The second-order valence-electron chi connectivity index (χ2n) is 6.53. The van der Waals surface area contributed by atoms with Crippen LogP contribution in [-0.4, -0.2) is 35.1 Å². The van der Waals surface area contributed by atoms with Gasteiger partial charge >= 0.3 is 0 Å². The highest BCUT2D eigenvalue weighted by Crippen LogP contribution is 2.33. The maximum atomic E-state index is 13.4. The van der Waals surface area contributed by atoms with Crippen molar-refractivity contribution in [3.8, 4) is 11.5 Å². The Kier molecular flexibility index (Phi) is 7.50. The van der Waals surface area contributed by atoms with E-state index in [0.717, 1.165) is 4.31 Å². The zero-order chi connectivity index (χ0) is 23.3. The number of methoxy groups -OCH3 is 2. The molecule has 0 atom stereocenters. The van der Waals surface area contributed by atoms with E-state index in [2.05, 4.69) is 5.32 Å². The van der Waals surface area contributed by atoms with Gasteiger partial charge in [0.15, 0.2) is 0 Å². The van der Waals surface area contributed by atoms with E-state index in [4.69, 9.17) is 32.7 Å². The molecule has 0 heterocycles. The number of carbonyl (C=O) groups is 1. The first-order valence-corrected chi connectivity index (χ1v) is 11.5. The van der Waals surface area contributed by atoms with Crippen molar-refractivity contribution in [2.75, 3.05) is 30.4 Å². The monoisotopic (exact) mass is 494 g/mol. The van der Waals surface area contributed by atoms with E-state index in [0.29, 0.717) is 22.2 Å². The summed E-state index contributed by atoms with van der Waals surface area (Å²) in [4.78, 5) is 12.9. The SMILES string of the molecule is COc1ccc(NC(=O)CN(c2ccc(Cl)cc2Cl)S(=O)(=O)c2ccccc2)c(OC)c1. The van der Waals surface area contributed by atoms with Gasteiger partial charge in [0.2, 0.25) is 5.91 Å². The molecule has 3 aromatic rings. The lowest BCUT2D eigenvalue weighted by Crippen LogP contribution is -2.38. The summed E-state index contributed by atoms with van der Waals surface area (Å²) in [5.41, 5.74) is 0.481. The number of amides is 1. The number of nitrogens with zero attached hydrogens (tertiary/aromatic N) is 1. The van der Waals surface area contributed by atoms with Gasteiger partial charge in [-0.25, -0.2) is 8.42 Å². The molecule has 1 N–H and O–H groups in total. The molecule has 0 fully saturated rings. The summed E-state index contributed by atoms with van der Waals surface area (Å²) in [6.07, 6.45) is 0. The fourth-order valence-corrected chi connectivity index (χ4v) is 4.95. The van der Waals surface area contributed by atoms with Crippen LogP contribution in [0.4, 0.5) is 11.4 Å². The molecule has 3 rings (SSSR count). The van der Waals surface area contributed by atoms with E-state index < -0.39 is 22.5 Å². The number of nitrogens with one attached hydrogen (secondary N) is 1. The van der Waals surface area contributed by atoms with Crippen molar-refractivity contribution in [3.63, 3.8) is 0 Å². The topological polar surface area (TPSA) is 84.9 Å². The first kappa shape index (κ1) is 23.7. The first-order chi connectivity index (χ1) is 15.3. The van der Waals surface area contributed by atoms with Gasteiger partial charge in [-0.05, 0) is 42.5 Å². The van der Waals surface area contributed by atoms with Crippen LogP contribution in [0, 0.1) is 0 Å². The second-order valence-corrected chi connectivity index (χ2v) is 9.24. The Morgan fingerprint density at radius 1 is 0.969 bits per heavy atom. The molecule has 0 saturated heterocycles. The van der Waals surface area contributed by atoms with Crippen LogP contribution in [0.15, 0.2) is 71.6 Å². The number of hydrogen-bond acceptors (Lipinski definition) is 5. The minimum atomic E-state index is -4.11. The predicted molar refractivity (Wildman–Crippen MR) is 126 cm³/mol. The number of hydrogen-bond donors (Lipinski definition) is 1. The standard InChI is InChI=1S/C22H20Cl2N2O5S/c1-30-16-9-10-19(21(13-16)31-2)25-22(27)14-26(20-11-8-15(23)12-18(20)24)32(28,29)17-6-4-3-5-7-17/h3-13H,14H2,1-2H3,(H,25,27). The van der Waals surface area contributed by atoms with Gasteiger partial charge in [-0.3, -0.25) is 9.10 Å². The fourth-order valence-electron chi connectivity index (χ4n) is 2.92. The van der Waals surface area contributed by atoms with Crippen LogP contribution < -0.4 is 19.1 Å². The first-order valence-electron chi connectivity index (χ1n) is 9.31. The summed E-state index contributed by atoms with van der Waals surface area (Å²) in [5, 5.41) is 3.10. The van der Waals surface area contributed by atoms with Crippen LogP contribution in [0.5, 0.6) is 11.5 Å². The van der Waals surface area contributed by atoms with Gasteiger partial charge in [0.25, 0.3) is 10.0 Å². The molecule has 32 heavy (non-hydrogen) atoms. The van der Waals surface area contributed by atoms with Crippen LogP contribution in [0.1, 0.15) is 0 Å². The van der Waals surface area contributed by atoms with Gasteiger partial charge in [-0.2, -0.15) is 0 Å². The summed E-state index contributed by atoms with van der Waals surface area (Å²) in [5.74, 6) is 0.305. The van der Waals surface area contributed by atoms with Crippen LogP contribution in [0.25, 0.3) is 0 Å². The molecular weight excluding hydrogens is 475 g/mol. The summed E-state index contributed by atoms with van der Waals surface area (Å²) in [7, 11) is -1.15. The second kappa shape index (κ2) is 10.1. The Labute approximate surface area is 196 Å². The maximum Gasteiger partial charge on any atom is 0.264 e. The molecule has 0 saturated carbocycles. The predicted octanol–water partition coefficient (Wildman–Crippen LogP) is 4.84. The molecule has 0 spiro atoms. The summed E-state index contributed by atoms with van der Waals surface area (Å²) in [6.45, 7) is -0.534. The lowest BCUT2D eigenvalue weighted by molar-refractivity contribution is -0.114. The van der Waals surface area contributed by atoms with Crippen LogP contribution >= 0.6 is 23.2 Å². The van der Waals surface area contributed by atoms with Crippen molar-refractivity contribution in [1.82, 2.24) is 0 Å². The molecule has 3 aromatic carbocycles. The number of sulfonamides is 1. The largest absolute Gasteiger partial charge is 0.497 e. The molecule has 0 radical (unpaired) electrons. The van der Waals surface area contributed by atoms with Crippen LogP contribution in [0.2, 0.25) is 10.0 Å². The van der Waals surface area contributed by atoms with Crippen LogP contribution in [-0.2, 0) is 14.8 Å². The number of ether oxygens (including phenoxy) is 2. The highest BCUT2D eigenvalue weighted by Gasteiger charge is 2.29. The molecule has 168 valence electrons. The Morgan fingerprint density at radius 2 is 1.69 bits per heavy atom. The van der Waals surface area contributed by atoms with E-state index >= 15 is 0 Å². The number of carbonyl (C=O) groups excluding carboxylic acids is 1. The lowest BCUT2D eigenvalue weighted by Gasteiger charge is -2.25. The molecule has 0 aliphatic heterocycles.